The van der Waals surface area contributed by atoms with Crippen molar-refractivity contribution in [1.29, 1.82) is 0 Å². The molecule has 0 saturated heterocycles. The summed E-state index contributed by atoms with van der Waals surface area (Å²) in [6, 6.07) is 17.4. The molecular weight excluding hydrogens is 542 g/mol. The number of nitrogens with one attached hydrogen (secondary N) is 1. The summed E-state index contributed by atoms with van der Waals surface area (Å²) in [7, 11) is 3.14. The van der Waals surface area contributed by atoms with Gasteiger partial charge in [0, 0.05) is 18.5 Å². The van der Waals surface area contributed by atoms with Crippen LogP contribution in [0, 0.1) is 0 Å². The topological polar surface area (TPSA) is 137 Å². The number of carboxylic acids is 1. The van der Waals surface area contributed by atoms with Gasteiger partial charge in [0.2, 0.25) is 11.6 Å². The molecule has 0 unspecified atom stereocenters. The molecule has 1 amide bonds. The zero-order valence-electron chi connectivity index (χ0n) is 21.9. The molecule has 2 N–H and O–H groups in total. The van der Waals surface area contributed by atoms with Gasteiger partial charge in [0.1, 0.15) is 24.7 Å². The summed E-state index contributed by atoms with van der Waals surface area (Å²) in [4.78, 5) is 47.1. The minimum Gasteiger partial charge on any atom is -0.497 e. The van der Waals surface area contributed by atoms with Gasteiger partial charge in [0.25, 0.3) is 0 Å². The third kappa shape index (κ3) is 8.21. The van der Waals surface area contributed by atoms with Crippen molar-refractivity contribution in [3.8, 4) is 23.0 Å². The van der Waals surface area contributed by atoms with E-state index in [0.717, 1.165) is 11.1 Å². The Morgan fingerprint density at radius 1 is 0.800 bits per heavy atom. The van der Waals surface area contributed by atoms with Crippen LogP contribution < -0.4 is 24.3 Å². The molecular formula is C29H28ClNO9. The van der Waals surface area contributed by atoms with E-state index in [4.69, 9.17) is 35.7 Å². The van der Waals surface area contributed by atoms with Crippen LogP contribution in [0.4, 0.5) is 0 Å². The fourth-order valence-corrected chi connectivity index (χ4v) is 3.81. The van der Waals surface area contributed by atoms with Gasteiger partial charge in [0.15, 0.2) is 11.5 Å². The number of methoxy groups -OCH3 is 2. The Kier molecular flexibility index (Phi) is 10.9. The number of amides is 1. The van der Waals surface area contributed by atoms with Gasteiger partial charge in [0.05, 0.1) is 19.2 Å². The van der Waals surface area contributed by atoms with Gasteiger partial charge >= 0.3 is 11.9 Å². The summed E-state index contributed by atoms with van der Waals surface area (Å²) in [5.41, 5.74) is 1.58. The lowest BCUT2D eigenvalue weighted by atomic mass is 10.0. The highest BCUT2D eigenvalue weighted by Crippen LogP contribution is 2.39. The summed E-state index contributed by atoms with van der Waals surface area (Å²) in [5.74, 6) is -2.67. The van der Waals surface area contributed by atoms with E-state index in [1.54, 1.807) is 38.5 Å². The summed E-state index contributed by atoms with van der Waals surface area (Å²) in [6.45, 7) is 0.192. The zero-order valence-corrected chi connectivity index (χ0v) is 22.7. The average Bonchev–Trinajstić information content (AvgIpc) is 2.97. The molecule has 0 aliphatic heterocycles. The summed E-state index contributed by atoms with van der Waals surface area (Å²) in [6.07, 6.45) is -0.141. The number of rotatable bonds is 14. The molecule has 3 rings (SSSR count). The number of Topliss-reactive ketones (excluding diaryl/α,β-unsaturated/α-hetero) is 2. The number of ether oxygens (including phenoxy) is 4. The molecule has 40 heavy (non-hydrogen) atoms. The van der Waals surface area contributed by atoms with Crippen molar-refractivity contribution in [1.82, 2.24) is 5.32 Å². The summed E-state index contributed by atoms with van der Waals surface area (Å²) < 4.78 is 22.3. The van der Waals surface area contributed by atoms with Crippen molar-refractivity contribution < 1.29 is 43.2 Å². The lowest BCUT2D eigenvalue weighted by Crippen LogP contribution is -2.31. The minimum absolute atomic E-state index is 0.0669. The first-order valence-corrected chi connectivity index (χ1v) is 12.5. The van der Waals surface area contributed by atoms with E-state index in [9.17, 15) is 19.2 Å². The predicted molar refractivity (Wildman–Crippen MR) is 145 cm³/mol. The van der Waals surface area contributed by atoms with E-state index >= 15 is 0 Å². The quantitative estimate of drug-likeness (QED) is 0.166. The molecule has 0 aliphatic rings. The van der Waals surface area contributed by atoms with Gasteiger partial charge in [-0.3, -0.25) is 14.4 Å². The maximum atomic E-state index is 12.9. The lowest BCUT2D eigenvalue weighted by Gasteiger charge is -2.16. The molecule has 0 heterocycles. The van der Waals surface area contributed by atoms with Crippen LogP contribution in [-0.2, 0) is 27.6 Å². The van der Waals surface area contributed by atoms with E-state index in [1.807, 2.05) is 24.3 Å². The van der Waals surface area contributed by atoms with E-state index in [0.29, 0.717) is 11.5 Å². The number of carboxylic acid groups (broad SMARTS) is 1. The van der Waals surface area contributed by atoms with Crippen molar-refractivity contribution >= 4 is 35.0 Å². The Morgan fingerprint density at radius 3 is 1.88 bits per heavy atom. The molecule has 0 aromatic heterocycles. The first-order chi connectivity index (χ1) is 19.2. The lowest BCUT2D eigenvalue weighted by molar-refractivity contribution is -0.150. The van der Waals surface area contributed by atoms with E-state index in [2.05, 4.69) is 5.32 Å². The van der Waals surface area contributed by atoms with Crippen molar-refractivity contribution in [3.05, 3.63) is 82.4 Å². The van der Waals surface area contributed by atoms with Crippen LogP contribution in [0.2, 0.25) is 5.02 Å². The largest absolute Gasteiger partial charge is 0.497 e. The van der Waals surface area contributed by atoms with Gasteiger partial charge < -0.3 is 29.4 Å². The van der Waals surface area contributed by atoms with E-state index < -0.39 is 23.4 Å². The smallest absolute Gasteiger partial charge is 0.394 e. The predicted octanol–water partition coefficient (Wildman–Crippen LogP) is 4.25. The van der Waals surface area contributed by atoms with Crippen LogP contribution in [0.25, 0.3) is 0 Å². The standard InChI is InChI=1S/C29H28ClNO9/c1-37-20-9-5-18(6-10-20)16-39-24-14-13-22(26(33)23(32)4-3-15-31-28(34)29(35)36)25(30)27(24)40-17-19-7-11-21(38-2)12-8-19/h5-14H,3-4,15-17H2,1-2H3,(H,31,34)(H,35,36). The monoisotopic (exact) mass is 569 g/mol. The number of ketones is 2. The second-order valence-corrected chi connectivity index (χ2v) is 8.82. The number of hydrogen-bond acceptors (Lipinski definition) is 8. The van der Waals surface area contributed by atoms with Crippen LogP contribution in [0.5, 0.6) is 23.0 Å². The Balaban J connectivity index is 1.77. The third-order valence-corrected chi connectivity index (χ3v) is 6.09. The van der Waals surface area contributed by atoms with Crippen molar-refractivity contribution in [2.75, 3.05) is 20.8 Å². The number of halogens is 1. The number of carbonyl (C=O) groups is 4. The van der Waals surface area contributed by atoms with E-state index in [-0.39, 0.29) is 54.7 Å². The fraction of sp³-hybridized carbons (Fsp3) is 0.241. The van der Waals surface area contributed by atoms with Gasteiger partial charge in [-0.2, -0.15) is 0 Å². The number of hydrogen-bond donors (Lipinski definition) is 2. The Bertz CT molecular complexity index is 1360. The molecule has 0 bridgehead atoms. The molecule has 0 saturated carbocycles. The van der Waals surface area contributed by atoms with Gasteiger partial charge in [-0.15, -0.1) is 0 Å². The second kappa shape index (κ2) is 14.5. The molecule has 0 fully saturated rings. The van der Waals surface area contributed by atoms with E-state index in [1.165, 1.54) is 12.1 Å². The third-order valence-electron chi connectivity index (χ3n) is 5.71. The Morgan fingerprint density at radius 2 is 1.35 bits per heavy atom. The maximum absolute atomic E-state index is 12.9. The fourth-order valence-electron chi connectivity index (χ4n) is 3.51. The molecule has 0 atom stereocenters. The Labute approximate surface area is 235 Å². The number of carbonyl (C=O) groups excluding carboxylic acids is 3. The molecule has 11 heteroatoms. The van der Waals surface area contributed by atoms with Crippen LogP contribution in [-0.4, -0.2) is 49.3 Å². The summed E-state index contributed by atoms with van der Waals surface area (Å²) >= 11 is 6.59. The SMILES string of the molecule is COc1ccc(COc2ccc(C(=O)C(=O)CCCNC(=O)C(=O)O)c(Cl)c2OCc2ccc(OC)cc2)cc1. The zero-order chi connectivity index (χ0) is 29.1. The second-order valence-electron chi connectivity index (χ2n) is 8.44. The highest BCUT2D eigenvalue weighted by molar-refractivity contribution is 6.48. The van der Waals surface area contributed by atoms with Gasteiger partial charge in [-0.25, -0.2) is 4.79 Å². The molecule has 3 aromatic carbocycles. The molecule has 0 radical (unpaired) electrons. The highest BCUT2D eigenvalue weighted by atomic mass is 35.5. The van der Waals surface area contributed by atoms with Crippen molar-refractivity contribution in [2.45, 2.75) is 26.1 Å². The first-order valence-electron chi connectivity index (χ1n) is 12.2. The molecule has 210 valence electrons. The van der Waals surface area contributed by atoms with Crippen LogP contribution in [0.15, 0.2) is 60.7 Å². The maximum Gasteiger partial charge on any atom is 0.394 e. The van der Waals surface area contributed by atoms with Crippen LogP contribution in [0.3, 0.4) is 0 Å². The minimum atomic E-state index is -1.63. The van der Waals surface area contributed by atoms with Gasteiger partial charge in [-0.1, -0.05) is 35.9 Å². The normalized spacial score (nSPS) is 10.4. The van der Waals surface area contributed by atoms with Crippen molar-refractivity contribution in [3.63, 3.8) is 0 Å². The van der Waals surface area contributed by atoms with Gasteiger partial charge in [-0.05, 0) is 53.9 Å². The number of benzene rings is 3. The molecule has 10 nitrogen and oxygen atoms in total. The molecule has 0 spiro atoms. The van der Waals surface area contributed by atoms with Crippen LogP contribution >= 0.6 is 11.6 Å². The Hall–Kier alpha value is -4.57. The first kappa shape index (κ1) is 30.0. The number of aliphatic carboxylic acids is 1. The highest BCUT2D eigenvalue weighted by Gasteiger charge is 2.24. The molecule has 3 aromatic rings. The molecule has 0 aliphatic carbocycles. The summed E-state index contributed by atoms with van der Waals surface area (Å²) in [5, 5.41) is 10.6. The van der Waals surface area contributed by atoms with Crippen LogP contribution in [0.1, 0.15) is 34.3 Å². The van der Waals surface area contributed by atoms with Crippen molar-refractivity contribution in [2.24, 2.45) is 0 Å². The average molecular weight is 570 g/mol.